The molecule has 3 rings (SSSR count). The van der Waals surface area contributed by atoms with Gasteiger partial charge in [0.1, 0.15) is 6.10 Å². The third kappa shape index (κ3) is 2.60. The Hall–Kier alpha value is -0.610. The summed E-state index contributed by atoms with van der Waals surface area (Å²) in [5, 5.41) is 10.3. The number of hydrogen-bond donors (Lipinski definition) is 1. The molecule has 0 bridgehead atoms. The van der Waals surface area contributed by atoms with Gasteiger partial charge in [0.25, 0.3) is 0 Å². The molecule has 0 spiro atoms. The lowest BCUT2D eigenvalue weighted by atomic mass is 9.87. The lowest BCUT2D eigenvalue weighted by Gasteiger charge is -2.36. The molecule has 3 aliphatic rings. The van der Waals surface area contributed by atoms with Crippen molar-refractivity contribution in [3.05, 3.63) is 0 Å². The normalized spacial score (nSPS) is 40.2. The van der Waals surface area contributed by atoms with Crippen molar-refractivity contribution in [1.29, 1.82) is 0 Å². The van der Waals surface area contributed by atoms with Crippen molar-refractivity contribution in [2.45, 2.75) is 82.6 Å². The summed E-state index contributed by atoms with van der Waals surface area (Å²) in [7, 11) is 0. The topological polar surface area (TPSA) is 49.8 Å². The Bertz CT molecular complexity index is 360. The van der Waals surface area contributed by atoms with Crippen LogP contribution in [0.2, 0.25) is 0 Å². The number of aliphatic hydroxyl groups excluding tert-OH is 1. The highest BCUT2D eigenvalue weighted by molar-refractivity contribution is 5.71. The van der Waals surface area contributed by atoms with Gasteiger partial charge >= 0.3 is 5.97 Å². The summed E-state index contributed by atoms with van der Waals surface area (Å²) >= 11 is 0. The highest BCUT2D eigenvalue weighted by Crippen LogP contribution is 2.39. The molecule has 0 radical (unpaired) electrons. The zero-order valence-corrected chi connectivity index (χ0v) is 12.5. The molecule has 0 aliphatic carbocycles. The van der Waals surface area contributed by atoms with Gasteiger partial charge in [-0.15, -0.1) is 0 Å². The SMILES string of the molecule is CCC(O)[C@H]1CCCCN2[C@H]([C@@H]3CCC(=O)O3)CC[C@@H]12. The van der Waals surface area contributed by atoms with E-state index >= 15 is 0 Å². The van der Waals surface area contributed by atoms with E-state index in [-0.39, 0.29) is 18.2 Å². The molecule has 0 aromatic rings. The minimum absolute atomic E-state index is 0.0292. The highest BCUT2D eigenvalue weighted by Gasteiger charge is 2.45. The quantitative estimate of drug-likeness (QED) is 0.805. The first-order valence-electron chi connectivity index (χ1n) is 8.34. The Morgan fingerprint density at radius 3 is 2.75 bits per heavy atom. The summed E-state index contributed by atoms with van der Waals surface area (Å²) in [6, 6.07) is 0.896. The summed E-state index contributed by atoms with van der Waals surface area (Å²) in [5.74, 6) is 0.378. The van der Waals surface area contributed by atoms with Crippen molar-refractivity contribution in [1.82, 2.24) is 4.90 Å². The van der Waals surface area contributed by atoms with Gasteiger partial charge in [-0.05, 0) is 45.1 Å². The Morgan fingerprint density at radius 2 is 2.05 bits per heavy atom. The van der Waals surface area contributed by atoms with Crippen LogP contribution >= 0.6 is 0 Å². The van der Waals surface area contributed by atoms with E-state index in [4.69, 9.17) is 4.74 Å². The van der Waals surface area contributed by atoms with Gasteiger partial charge in [-0.25, -0.2) is 0 Å². The second-order valence-electron chi connectivity index (χ2n) is 6.65. The van der Waals surface area contributed by atoms with Crippen LogP contribution in [-0.4, -0.2) is 46.8 Å². The summed E-state index contributed by atoms with van der Waals surface area (Å²) in [6.45, 7) is 3.18. The van der Waals surface area contributed by atoms with Crippen molar-refractivity contribution >= 4 is 5.97 Å². The number of esters is 1. The van der Waals surface area contributed by atoms with Gasteiger partial charge in [-0.2, -0.15) is 0 Å². The van der Waals surface area contributed by atoms with Crippen LogP contribution in [0.1, 0.15) is 58.3 Å². The molecule has 114 valence electrons. The Balaban J connectivity index is 1.73. The Kier molecular flexibility index (Phi) is 4.32. The Labute approximate surface area is 121 Å². The maximum atomic E-state index is 11.4. The van der Waals surface area contributed by atoms with Crippen molar-refractivity contribution in [3.8, 4) is 0 Å². The molecule has 3 aliphatic heterocycles. The first-order chi connectivity index (χ1) is 9.70. The number of hydrogen-bond acceptors (Lipinski definition) is 4. The number of aliphatic hydroxyl groups is 1. The number of carbonyl (C=O) groups is 1. The summed E-state index contributed by atoms with van der Waals surface area (Å²) < 4.78 is 5.51. The largest absolute Gasteiger partial charge is 0.461 e. The standard InChI is InChI=1S/C16H27NO3/c1-2-14(18)11-5-3-4-10-17-12(11)6-7-13(17)15-8-9-16(19)20-15/h11-15,18H,2-10H2,1H3/t11-,12-,13-,14?,15-/m0/s1. The lowest BCUT2D eigenvalue weighted by Crippen LogP contribution is -2.46. The summed E-state index contributed by atoms with van der Waals surface area (Å²) in [4.78, 5) is 13.9. The molecule has 4 nitrogen and oxygen atoms in total. The first kappa shape index (κ1) is 14.3. The van der Waals surface area contributed by atoms with Crippen LogP contribution in [0.3, 0.4) is 0 Å². The second-order valence-corrected chi connectivity index (χ2v) is 6.65. The number of ether oxygens (including phenoxy) is 1. The molecule has 5 atom stereocenters. The molecule has 3 heterocycles. The van der Waals surface area contributed by atoms with Gasteiger partial charge in [-0.1, -0.05) is 13.3 Å². The van der Waals surface area contributed by atoms with Gasteiger partial charge in [0, 0.05) is 24.4 Å². The van der Waals surface area contributed by atoms with Gasteiger partial charge in [0.2, 0.25) is 0 Å². The molecule has 3 fully saturated rings. The van der Waals surface area contributed by atoms with Crippen molar-refractivity contribution in [2.75, 3.05) is 6.54 Å². The van der Waals surface area contributed by atoms with E-state index < -0.39 is 0 Å². The molecule has 1 unspecified atom stereocenters. The number of rotatable bonds is 3. The van der Waals surface area contributed by atoms with Crippen LogP contribution < -0.4 is 0 Å². The molecule has 4 heteroatoms. The summed E-state index contributed by atoms with van der Waals surface area (Å²) in [5.41, 5.74) is 0. The van der Waals surface area contributed by atoms with Crippen molar-refractivity contribution in [3.63, 3.8) is 0 Å². The molecule has 0 saturated carbocycles. The number of fused-ring (bicyclic) bond motifs is 1. The zero-order valence-electron chi connectivity index (χ0n) is 12.5. The second kappa shape index (κ2) is 6.02. The van der Waals surface area contributed by atoms with Crippen LogP contribution in [0.15, 0.2) is 0 Å². The van der Waals surface area contributed by atoms with E-state index in [1.807, 2.05) is 0 Å². The smallest absolute Gasteiger partial charge is 0.306 e. The maximum Gasteiger partial charge on any atom is 0.306 e. The summed E-state index contributed by atoms with van der Waals surface area (Å²) in [6.07, 6.45) is 8.08. The minimum atomic E-state index is -0.175. The monoisotopic (exact) mass is 281 g/mol. The fourth-order valence-electron chi connectivity index (χ4n) is 4.55. The predicted molar refractivity (Wildman–Crippen MR) is 76.3 cm³/mol. The van der Waals surface area contributed by atoms with Gasteiger partial charge in [-0.3, -0.25) is 9.69 Å². The van der Waals surface area contributed by atoms with Crippen LogP contribution in [0.5, 0.6) is 0 Å². The van der Waals surface area contributed by atoms with Crippen molar-refractivity contribution < 1.29 is 14.6 Å². The van der Waals surface area contributed by atoms with Crippen LogP contribution in [0.4, 0.5) is 0 Å². The van der Waals surface area contributed by atoms with Gasteiger partial charge < -0.3 is 9.84 Å². The lowest BCUT2D eigenvalue weighted by molar-refractivity contribution is -0.143. The molecule has 1 N–H and O–H groups in total. The molecular formula is C16H27NO3. The molecule has 20 heavy (non-hydrogen) atoms. The molecule has 0 aromatic carbocycles. The highest BCUT2D eigenvalue weighted by atomic mass is 16.6. The number of carbonyl (C=O) groups excluding carboxylic acids is 1. The van der Waals surface area contributed by atoms with E-state index in [9.17, 15) is 9.90 Å². The van der Waals surface area contributed by atoms with Crippen LogP contribution in [-0.2, 0) is 9.53 Å². The van der Waals surface area contributed by atoms with E-state index in [0.717, 1.165) is 38.6 Å². The average molecular weight is 281 g/mol. The van der Waals surface area contributed by atoms with Crippen LogP contribution in [0, 0.1) is 5.92 Å². The van der Waals surface area contributed by atoms with Crippen molar-refractivity contribution in [2.24, 2.45) is 5.92 Å². The number of cyclic esters (lactones) is 1. The van der Waals surface area contributed by atoms with E-state index in [0.29, 0.717) is 24.4 Å². The van der Waals surface area contributed by atoms with E-state index in [1.54, 1.807) is 0 Å². The zero-order chi connectivity index (χ0) is 14.1. The minimum Gasteiger partial charge on any atom is -0.461 e. The third-order valence-electron chi connectivity index (χ3n) is 5.57. The van der Waals surface area contributed by atoms with Gasteiger partial charge in [0.05, 0.1) is 6.10 Å². The predicted octanol–water partition coefficient (Wildman–Crippen LogP) is 2.10. The third-order valence-corrected chi connectivity index (χ3v) is 5.57. The van der Waals surface area contributed by atoms with E-state index in [2.05, 4.69) is 11.8 Å². The molecule has 0 amide bonds. The first-order valence-corrected chi connectivity index (χ1v) is 8.34. The fraction of sp³-hybridized carbons (Fsp3) is 0.938. The van der Waals surface area contributed by atoms with Crippen LogP contribution in [0.25, 0.3) is 0 Å². The number of nitrogens with zero attached hydrogens (tertiary/aromatic N) is 1. The van der Waals surface area contributed by atoms with Gasteiger partial charge in [0.15, 0.2) is 0 Å². The Morgan fingerprint density at radius 1 is 1.25 bits per heavy atom. The molecular weight excluding hydrogens is 254 g/mol. The van der Waals surface area contributed by atoms with E-state index in [1.165, 1.54) is 12.8 Å². The fourth-order valence-corrected chi connectivity index (χ4v) is 4.55. The molecule has 3 saturated heterocycles. The average Bonchev–Trinajstić information content (AvgIpc) is 2.99. The maximum absolute atomic E-state index is 11.4. The molecule has 0 aromatic heterocycles.